The number of hydrogen-bond donors (Lipinski definition) is 2. The van der Waals surface area contributed by atoms with Gasteiger partial charge in [-0.3, -0.25) is 0 Å². The molecule has 2 nitrogen and oxygen atoms in total. The Morgan fingerprint density at radius 1 is 1.40 bits per heavy atom. The summed E-state index contributed by atoms with van der Waals surface area (Å²) in [7, 11) is 0. The molecule has 1 aromatic rings. The van der Waals surface area contributed by atoms with Crippen LogP contribution in [-0.2, 0) is 5.60 Å². The van der Waals surface area contributed by atoms with E-state index in [1.807, 2.05) is 6.92 Å². The first-order valence-corrected chi connectivity index (χ1v) is 4.91. The summed E-state index contributed by atoms with van der Waals surface area (Å²) in [4.78, 5) is 0. The zero-order chi connectivity index (χ0) is 11.5. The molecule has 0 saturated carbocycles. The highest BCUT2D eigenvalue weighted by Crippen LogP contribution is 2.27. The molecule has 0 aliphatic heterocycles. The van der Waals surface area contributed by atoms with Crippen LogP contribution in [0.2, 0.25) is 0 Å². The van der Waals surface area contributed by atoms with E-state index >= 15 is 0 Å². The minimum absolute atomic E-state index is 0.0632. The molecule has 3 N–H and O–H groups in total. The van der Waals surface area contributed by atoms with Crippen LogP contribution < -0.4 is 5.73 Å². The molecule has 0 amide bonds. The first-order chi connectivity index (χ1) is 7.03. The number of rotatable bonds is 4. The average Bonchev–Trinajstić information content (AvgIpc) is 2.17. The minimum atomic E-state index is -1.40. The lowest BCUT2D eigenvalue weighted by Crippen LogP contribution is -2.35. The quantitative estimate of drug-likeness (QED) is 0.806. The highest BCUT2D eigenvalue weighted by Gasteiger charge is 2.29. The Kier molecular flexibility index (Phi) is 3.77. The van der Waals surface area contributed by atoms with Gasteiger partial charge in [-0.1, -0.05) is 19.4 Å². The first kappa shape index (κ1) is 12.1. The van der Waals surface area contributed by atoms with E-state index in [9.17, 15) is 13.9 Å². The van der Waals surface area contributed by atoms with Crippen molar-refractivity contribution in [2.24, 2.45) is 5.73 Å². The smallest absolute Gasteiger partial charge is 0.132 e. The Morgan fingerprint density at radius 2 is 2.07 bits per heavy atom. The minimum Gasteiger partial charge on any atom is -0.384 e. The number of aliphatic hydroxyl groups is 1. The number of benzene rings is 1. The maximum absolute atomic E-state index is 13.4. The zero-order valence-electron chi connectivity index (χ0n) is 8.63. The Bertz CT molecular complexity index is 343. The lowest BCUT2D eigenvalue weighted by molar-refractivity contribution is 0.0323. The van der Waals surface area contributed by atoms with Crippen LogP contribution in [0.4, 0.5) is 8.78 Å². The molecule has 0 heterocycles. The molecule has 0 aliphatic carbocycles. The fourth-order valence-electron chi connectivity index (χ4n) is 1.63. The van der Waals surface area contributed by atoms with Gasteiger partial charge in [-0.25, -0.2) is 8.78 Å². The summed E-state index contributed by atoms with van der Waals surface area (Å²) in [5.41, 5.74) is 4.09. The van der Waals surface area contributed by atoms with Crippen molar-refractivity contribution in [1.82, 2.24) is 0 Å². The Balaban J connectivity index is 3.12. The van der Waals surface area contributed by atoms with Crippen molar-refractivity contribution in [1.29, 1.82) is 0 Å². The van der Waals surface area contributed by atoms with E-state index in [-0.39, 0.29) is 12.1 Å². The molecule has 15 heavy (non-hydrogen) atoms. The molecule has 1 rings (SSSR count). The lowest BCUT2D eigenvalue weighted by atomic mass is 9.89. The predicted molar refractivity (Wildman–Crippen MR) is 54.2 cm³/mol. The van der Waals surface area contributed by atoms with Crippen LogP contribution in [0.5, 0.6) is 0 Å². The van der Waals surface area contributed by atoms with Crippen LogP contribution in [0, 0.1) is 11.6 Å². The fraction of sp³-hybridized carbons (Fsp3) is 0.455. The van der Waals surface area contributed by atoms with Gasteiger partial charge in [-0.2, -0.15) is 0 Å². The van der Waals surface area contributed by atoms with E-state index in [1.54, 1.807) is 0 Å². The van der Waals surface area contributed by atoms with Crippen LogP contribution in [-0.4, -0.2) is 11.7 Å². The predicted octanol–water partition coefficient (Wildman–Crippen LogP) is 1.91. The molecule has 0 spiro atoms. The average molecular weight is 215 g/mol. The number of hydrogen-bond acceptors (Lipinski definition) is 2. The molecule has 0 fully saturated rings. The third-order valence-corrected chi connectivity index (χ3v) is 2.43. The molecule has 4 heteroatoms. The van der Waals surface area contributed by atoms with Gasteiger partial charge in [0.1, 0.15) is 17.2 Å². The van der Waals surface area contributed by atoms with Gasteiger partial charge in [0, 0.05) is 18.2 Å². The largest absolute Gasteiger partial charge is 0.384 e. The van der Waals surface area contributed by atoms with Gasteiger partial charge in [0.2, 0.25) is 0 Å². The second-order valence-corrected chi connectivity index (χ2v) is 3.61. The molecular formula is C11H15F2NO. The van der Waals surface area contributed by atoms with Gasteiger partial charge >= 0.3 is 0 Å². The topological polar surface area (TPSA) is 46.2 Å². The zero-order valence-corrected chi connectivity index (χ0v) is 8.63. The summed E-state index contributed by atoms with van der Waals surface area (Å²) >= 11 is 0. The molecular weight excluding hydrogens is 200 g/mol. The van der Waals surface area contributed by atoms with Gasteiger partial charge in [-0.15, -0.1) is 0 Å². The molecule has 1 unspecified atom stereocenters. The molecule has 0 bridgehead atoms. The normalized spacial score (nSPS) is 15.0. The lowest BCUT2D eigenvalue weighted by Gasteiger charge is -2.27. The molecule has 1 atom stereocenters. The standard InChI is InChI=1S/C11H15F2NO/c1-2-5-11(15,7-14)9-4-3-8(12)6-10(9)13/h3-4,6,15H,2,5,7,14H2,1H3. The van der Waals surface area contributed by atoms with E-state index in [2.05, 4.69) is 0 Å². The SMILES string of the molecule is CCCC(O)(CN)c1ccc(F)cc1F. The molecule has 0 aromatic heterocycles. The second-order valence-electron chi connectivity index (χ2n) is 3.61. The van der Waals surface area contributed by atoms with Crippen molar-refractivity contribution in [3.63, 3.8) is 0 Å². The summed E-state index contributed by atoms with van der Waals surface area (Å²) in [6, 6.07) is 3.12. The van der Waals surface area contributed by atoms with E-state index in [4.69, 9.17) is 5.73 Å². The Morgan fingerprint density at radius 3 is 2.53 bits per heavy atom. The monoisotopic (exact) mass is 215 g/mol. The maximum Gasteiger partial charge on any atom is 0.132 e. The van der Waals surface area contributed by atoms with E-state index < -0.39 is 17.2 Å². The van der Waals surface area contributed by atoms with Crippen molar-refractivity contribution in [2.75, 3.05) is 6.54 Å². The maximum atomic E-state index is 13.4. The van der Waals surface area contributed by atoms with Gasteiger partial charge in [0.25, 0.3) is 0 Å². The van der Waals surface area contributed by atoms with Gasteiger partial charge < -0.3 is 10.8 Å². The van der Waals surface area contributed by atoms with Gasteiger partial charge in [-0.05, 0) is 12.5 Å². The van der Waals surface area contributed by atoms with E-state index in [0.29, 0.717) is 12.8 Å². The highest BCUT2D eigenvalue weighted by molar-refractivity contribution is 5.25. The Labute approximate surface area is 87.7 Å². The highest BCUT2D eigenvalue weighted by atomic mass is 19.1. The van der Waals surface area contributed by atoms with Gasteiger partial charge in [0.05, 0.1) is 0 Å². The van der Waals surface area contributed by atoms with Crippen molar-refractivity contribution in [2.45, 2.75) is 25.4 Å². The summed E-state index contributed by atoms with van der Waals surface area (Å²) < 4.78 is 26.1. The molecule has 0 radical (unpaired) electrons. The summed E-state index contributed by atoms with van der Waals surface area (Å²) in [6.07, 6.45) is 1.02. The van der Waals surface area contributed by atoms with Crippen molar-refractivity contribution < 1.29 is 13.9 Å². The summed E-state index contributed by atoms with van der Waals surface area (Å²) in [6.45, 7) is 1.78. The van der Waals surface area contributed by atoms with E-state index in [0.717, 1.165) is 12.1 Å². The third kappa shape index (κ3) is 2.52. The van der Waals surface area contributed by atoms with Crippen LogP contribution in [0.15, 0.2) is 18.2 Å². The van der Waals surface area contributed by atoms with Crippen LogP contribution in [0.3, 0.4) is 0 Å². The number of nitrogens with two attached hydrogens (primary N) is 1. The third-order valence-electron chi connectivity index (χ3n) is 2.43. The van der Waals surface area contributed by atoms with Crippen molar-refractivity contribution in [3.05, 3.63) is 35.4 Å². The van der Waals surface area contributed by atoms with Crippen LogP contribution >= 0.6 is 0 Å². The fourth-order valence-corrected chi connectivity index (χ4v) is 1.63. The van der Waals surface area contributed by atoms with Crippen molar-refractivity contribution in [3.8, 4) is 0 Å². The summed E-state index contributed by atoms with van der Waals surface area (Å²) in [5, 5.41) is 10.1. The molecule has 84 valence electrons. The van der Waals surface area contributed by atoms with Crippen LogP contribution in [0.25, 0.3) is 0 Å². The van der Waals surface area contributed by atoms with Gasteiger partial charge in [0.15, 0.2) is 0 Å². The molecule has 0 saturated heterocycles. The second kappa shape index (κ2) is 4.68. The number of halogens is 2. The first-order valence-electron chi connectivity index (χ1n) is 4.91. The summed E-state index contributed by atoms with van der Waals surface area (Å²) in [5.74, 6) is -1.41. The van der Waals surface area contributed by atoms with E-state index in [1.165, 1.54) is 6.07 Å². The molecule has 1 aromatic carbocycles. The van der Waals surface area contributed by atoms with Crippen molar-refractivity contribution >= 4 is 0 Å². The molecule has 0 aliphatic rings. The Hall–Kier alpha value is -1.00. The van der Waals surface area contributed by atoms with Crippen LogP contribution in [0.1, 0.15) is 25.3 Å².